The van der Waals surface area contributed by atoms with E-state index < -0.39 is 0 Å². The number of aromatic nitrogens is 2. The monoisotopic (exact) mass is 257 g/mol. The molecule has 1 aliphatic carbocycles. The molecule has 3 heteroatoms. The van der Waals surface area contributed by atoms with Gasteiger partial charge in [-0.05, 0) is 43.9 Å². The summed E-state index contributed by atoms with van der Waals surface area (Å²) in [6, 6.07) is 9.14. The van der Waals surface area contributed by atoms with E-state index in [9.17, 15) is 0 Å². The second-order valence-electron chi connectivity index (χ2n) is 5.71. The molecule has 102 valence electrons. The molecule has 1 heterocycles. The van der Waals surface area contributed by atoms with Crippen molar-refractivity contribution in [2.75, 3.05) is 6.54 Å². The lowest BCUT2D eigenvalue weighted by Gasteiger charge is -2.11. The third kappa shape index (κ3) is 2.52. The number of nitrogens with one attached hydrogen (secondary N) is 1. The van der Waals surface area contributed by atoms with Gasteiger partial charge in [-0.2, -0.15) is 0 Å². The molecule has 19 heavy (non-hydrogen) atoms. The standard InChI is InChI=1S/C16H23N3/c1-3-17-13-9-8-12(10-13)11-16-18-14-6-4-5-7-15(14)19(16)2/h4-7,12-13,17H,3,8-11H2,1-2H3. The van der Waals surface area contributed by atoms with Gasteiger partial charge in [0.2, 0.25) is 0 Å². The zero-order chi connectivity index (χ0) is 13.2. The van der Waals surface area contributed by atoms with E-state index in [2.05, 4.69) is 48.1 Å². The highest BCUT2D eigenvalue weighted by molar-refractivity contribution is 5.75. The first-order valence-electron chi connectivity index (χ1n) is 7.41. The zero-order valence-corrected chi connectivity index (χ0v) is 11.9. The van der Waals surface area contributed by atoms with Crippen molar-refractivity contribution < 1.29 is 0 Å². The van der Waals surface area contributed by atoms with Crippen molar-refractivity contribution in [3.63, 3.8) is 0 Å². The molecule has 0 spiro atoms. The lowest BCUT2D eigenvalue weighted by atomic mass is 10.0. The second kappa shape index (κ2) is 5.33. The lowest BCUT2D eigenvalue weighted by Crippen LogP contribution is -2.26. The van der Waals surface area contributed by atoms with Crippen LogP contribution in [-0.2, 0) is 13.5 Å². The van der Waals surface area contributed by atoms with Gasteiger partial charge in [0.1, 0.15) is 5.82 Å². The Morgan fingerprint density at radius 1 is 1.32 bits per heavy atom. The Morgan fingerprint density at radius 2 is 2.16 bits per heavy atom. The maximum absolute atomic E-state index is 4.79. The van der Waals surface area contributed by atoms with Gasteiger partial charge in [-0.1, -0.05) is 19.1 Å². The van der Waals surface area contributed by atoms with Crippen LogP contribution in [0.2, 0.25) is 0 Å². The van der Waals surface area contributed by atoms with Gasteiger partial charge in [-0.15, -0.1) is 0 Å². The number of hydrogen-bond donors (Lipinski definition) is 1. The summed E-state index contributed by atoms with van der Waals surface area (Å²) in [5, 5.41) is 3.57. The highest BCUT2D eigenvalue weighted by atomic mass is 15.1. The number of rotatable bonds is 4. The Labute approximate surface area is 115 Å². The van der Waals surface area contributed by atoms with E-state index in [4.69, 9.17) is 4.98 Å². The minimum atomic E-state index is 0.727. The number of hydrogen-bond acceptors (Lipinski definition) is 2. The Kier molecular flexibility index (Phi) is 3.56. The smallest absolute Gasteiger partial charge is 0.109 e. The Morgan fingerprint density at radius 3 is 2.95 bits per heavy atom. The van der Waals surface area contributed by atoms with Gasteiger partial charge in [-0.25, -0.2) is 4.98 Å². The summed E-state index contributed by atoms with van der Waals surface area (Å²) in [4.78, 5) is 4.79. The quantitative estimate of drug-likeness (QED) is 0.912. The van der Waals surface area contributed by atoms with Gasteiger partial charge in [0.25, 0.3) is 0 Å². The lowest BCUT2D eigenvalue weighted by molar-refractivity contribution is 0.482. The molecule has 0 radical (unpaired) electrons. The average molecular weight is 257 g/mol. The summed E-state index contributed by atoms with van der Waals surface area (Å²) in [5.74, 6) is 2.03. The van der Waals surface area contributed by atoms with E-state index in [1.165, 1.54) is 30.6 Å². The molecule has 2 unspecified atom stereocenters. The fourth-order valence-electron chi connectivity index (χ4n) is 3.37. The van der Waals surface area contributed by atoms with Crippen LogP contribution in [0.15, 0.2) is 24.3 Å². The van der Waals surface area contributed by atoms with Gasteiger partial charge in [0, 0.05) is 19.5 Å². The van der Waals surface area contributed by atoms with Crippen molar-refractivity contribution in [1.82, 2.24) is 14.9 Å². The van der Waals surface area contributed by atoms with Crippen molar-refractivity contribution in [1.29, 1.82) is 0 Å². The predicted molar refractivity (Wildman–Crippen MR) is 79.2 cm³/mol. The van der Waals surface area contributed by atoms with E-state index in [0.29, 0.717) is 0 Å². The molecule has 1 aromatic carbocycles. The maximum atomic E-state index is 4.79. The van der Waals surface area contributed by atoms with E-state index >= 15 is 0 Å². The molecular formula is C16H23N3. The van der Waals surface area contributed by atoms with Crippen LogP contribution < -0.4 is 5.32 Å². The molecule has 1 N–H and O–H groups in total. The van der Waals surface area contributed by atoms with Crippen LogP contribution in [-0.4, -0.2) is 22.1 Å². The molecule has 2 atom stereocenters. The number of imidazole rings is 1. The normalized spacial score (nSPS) is 23.3. The third-order valence-corrected chi connectivity index (χ3v) is 4.39. The number of fused-ring (bicyclic) bond motifs is 1. The first-order chi connectivity index (χ1) is 9.28. The van der Waals surface area contributed by atoms with Crippen LogP contribution in [0.4, 0.5) is 0 Å². The molecule has 0 bridgehead atoms. The molecule has 1 fully saturated rings. The van der Waals surface area contributed by atoms with E-state index in [-0.39, 0.29) is 0 Å². The Balaban J connectivity index is 1.74. The van der Waals surface area contributed by atoms with E-state index in [0.717, 1.165) is 30.4 Å². The summed E-state index contributed by atoms with van der Waals surface area (Å²) in [7, 11) is 2.14. The first kappa shape index (κ1) is 12.7. The van der Waals surface area contributed by atoms with Crippen molar-refractivity contribution >= 4 is 11.0 Å². The van der Waals surface area contributed by atoms with Gasteiger partial charge >= 0.3 is 0 Å². The zero-order valence-electron chi connectivity index (χ0n) is 11.9. The van der Waals surface area contributed by atoms with Crippen molar-refractivity contribution in [3.05, 3.63) is 30.1 Å². The molecule has 1 saturated carbocycles. The summed E-state index contributed by atoms with van der Waals surface area (Å²) in [6.07, 6.45) is 5.08. The summed E-state index contributed by atoms with van der Waals surface area (Å²) in [5.41, 5.74) is 2.37. The third-order valence-electron chi connectivity index (χ3n) is 4.39. The van der Waals surface area contributed by atoms with Gasteiger partial charge in [0.15, 0.2) is 0 Å². The molecule has 0 amide bonds. The summed E-state index contributed by atoms with van der Waals surface area (Å²) in [6.45, 7) is 3.28. The fraction of sp³-hybridized carbons (Fsp3) is 0.562. The molecule has 2 aromatic rings. The number of nitrogens with zero attached hydrogens (tertiary/aromatic N) is 2. The Bertz CT molecular complexity index is 558. The number of aryl methyl sites for hydroxylation is 1. The van der Waals surface area contributed by atoms with Crippen molar-refractivity contribution in [2.24, 2.45) is 13.0 Å². The van der Waals surface area contributed by atoms with Crippen molar-refractivity contribution in [3.8, 4) is 0 Å². The minimum absolute atomic E-state index is 0.727. The largest absolute Gasteiger partial charge is 0.331 e. The van der Waals surface area contributed by atoms with Gasteiger partial charge in [-0.3, -0.25) is 0 Å². The molecule has 0 aliphatic heterocycles. The second-order valence-corrected chi connectivity index (χ2v) is 5.71. The van der Waals surface area contributed by atoms with Crippen molar-refractivity contribution in [2.45, 2.75) is 38.6 Å². The number of para-hydroxylation sites is 2. The van der Waals surface area contributed by atoms with Gasteiger partial charge in [0.05, 0.1) is 11.0 Å². The first-order valence-corrected chi connectivity index (χ1v) is 7.41. The minimum Gasteiger partial charge on any atom is -0.331 e. The van der Waals surface area contributed by atoms with E-state index in [1.807, 2.05) is 0 Å². The van der Waals surface area contributed by atoms with Crippen LogP contribution in [0.1, 0.15) is 32.0 Å². The van der Waals surface area contributed by atoms with Crippen LogP contribution >= 0.6 is 0 Å². The molecule has 0 saturated heterocycles. The summed E-state index contributed by atoms with van der Waals surface area (Å²) < 4.78 is 2.26. The predicted octanol–water partition coefficient (Wildman–Crippen LogP) is 2.89. The number of benzene rings is 1. The summed E-state index contributed by atoms with van der Waals surface area (Å²) >= 11 is 0. The molecule has 3 nitrogen and oxygen atoms in total. The molecule has 3 rings (SSSR count). The van der Waals surface area contributed by atoms with Crippen LogP contribution in [0.5, 0.6) is 0 Å². The fourth-order valence-corrected chi connectivity index (χ4v) is 3.37. The molecule has 1 aromatic heterocycles. The average Bonchev–Trinajstić information content (AvgIpc) is 2.97. The topological polar surface area (TPSA) is 29.9 Å². The molecular weight excluding hydrogens is 234 g/mol. The SMILES string of the molecule is CCNC1CCC(Cc2nc3ccccc3n2C)C1. The molecule has 1 aliphatic rings. The highest BCUT2D eigenvalue weighted by Crippen LogP contribution is 2.29. The van der Waals surface area contributed by atoms with Crippen LogP contribution in [0.3, 0.4) is 0 Å². The Hall–Kier alpha value is -1.35. The highest BCUT2D eigenvalue weighted by Gasteiger charge is 2.25. The van der Waals surface area contributed by atoms with Crippen LogP contribution in [0, 0.1) is 5.92 Å². The van der Waals surface area contributed by atoms with E-state index in [1.54, 1.807) is 0 Å². The van der Waals surface area contributed by atoms with Crippen LogP contribution in [0.25, 0.3) is 11.0 Å². The van der Waals surface area contributed by atoms with Gasteiger partial charge < -0.3 is 9.88 Å². The maximum Gasteiger partial charge on any atom is 0.109 e.